The van der Waals surface area contributed by atoms with Gasteiger partial charge >= 0.3 is 0 Å². The Morgan fingerprint density at radius 2 is 2.27 bits per heavy atom. The minimum atomic E-state index is -0.511. The van der Waals surface area contributed by atoms with E-state index in [9.17, 15) is 14.9 Å². The summed E-state index contributed by atoms with van der Waals surface area (Å²) in [7, 11) is 0. The highest BCUT2D eigenvalue weighted by molar-refractivity contribution is 5.99. The summed E-state index contributed by atoms with van der Waals surface area (Å²) < 4.78 is 0. The first-order valence-electron chi connectivity index (χ1n) is 4.23. The molecule has 1 N–H and O–H groups in total. The standard InChI is InChI=1S/C10H10N2O3/c1-3-10(13)11-9-6-8(12(14)15)5-4-7(9)2/h3-6H,1H2,2H3,(H,11,13). The van der Waals surface area contributed by atoms with Crippen LogP contribution in [0.4, 0.5) is 11.4 Å². The molecule has 0 aliphatic carbocycles. The van der Waals surface area contributed by atoms with Gasteiger partial charge in [0.1, 0.15) is 0 Å². The number of nitrogens with one attached hydrogen (secondary N) is 1. The number of anilines is 1. The molecule has 0 aliphatic heterocycles. The average Bonchev–Trinajstić information content (AvgIpc) is 2.20. The molecule has 1 rings (SSSR count). The molecule has 1 aromatic rings. The molecule has 5 nitrogen and oxygen atoms in total. The smallest absolute Gasteiger partial charge is 0.271 e. The Morgan fingerprint density at radius 3 is 2.80 bits per heavy atom. The van der Waals surface area contributed by atoms with Crippen molar-refractivity contribution in [1.82, 2.24) is 0 Å². The van der Waals surface area contributed by atoms with E-state index in [4.69, 9.17) is 0 Å². The fourth-order valence-corrected chi connectivity index (χ4v) is 1.04. The Morgan fingerprint density at radius 1 is 1.60 bits per heavy atom. The second-order valence-corrected chi connectivity index (χ2v) is 2.95. The van der Waals surface area contributed by atoms with Crippen LogP contribution in [0.15, 0.2) is 30.9 Å². The lowest BCUT2D eigenvalue weighted by Gasteiger charge is -2.05. The van der Waals surface area contributed by atoms with E-state index in [0.29, 0.717) is 5.69 Å². The molecule has 78 valence electrons. The summed E-state index contributed by atoms with van der Waals surface area (Å²) in [6.07, 6.45) is 1.11. The highest BCUT2D eigenvalue weighted by Gasteiger charge is 2.09. The van der Waals surface area contributed by atoms with Crippen LogP contribution < -0.4 is 5.32 Å². The number of nitrogens with zero attached hydrogens (tertiary/aromatic N) is 1. The van der Waals surface area contributed by atoms with Crippen molar-refractivity contribution in [2.75, 3.05) is 5.32 Å². The maximum Gasteiger partial charge on any atom is 0.271 e. The first kappa shape index (κ1) is 10.9. The van der Waals surface area contributed by atoms with Crippen LogP contribution in [0, 0.1) is 17.0 Å². The minimum absolute atomic E-state index is 0.0556. The largest absolute Gasteiger partial charge is 0.322 e. The van der Waals surface area contributed by atoms with Gasteiger partial charge in [-0.15, -0.1) is 0 Å². The van der Waals surface area contributed by atoms with Crippen LogP contribution in [-0.2, 0) is 4.79 Å². The molecule has 0 unspecified atom stereocenters. The fraction of sp³-hybridized carbons (Fsp3) is 0.100. The molecule has 0 bridgehead atoms. The predicted molar refractivity (Wildman–Crippen MR) is 56.7 cm³/mol. The van der Waals surface area contributed by atoms with E-state index in [2.05, 4.69) is 11.9 Å². The lowest BCUT2D eigenvalue weighted by Crippen LogP contribution is -2.08. The Kier molecular flexibility index (Phi) is 3.17. The van der Waals surface area contributed by atoms with Crippen molar-refractivity contribution in [3.8, 4) is 0 Å². The molecule has 0 heterocycles. The molecule has 0 spiro atoms. The third kappa shape index (κ3) is 2.63. The van der Waals surface area contributed by atoms with Gasteiger partial charge in [0.2, 0.25) is 5.91 Å². The SMILES string of the molecule is C=CC(=O)Nc1cc([N+](=O)[O-])ccc1C. The molecule has 0 radical (unpaired) electrons. The van der Waals surface area contributed by atoms with Gasteiger partial charge in [-0.05, 0) is 18.6 Å². The molecule has 0 aliphatic rings. The molecule has 0 saturated carbocycles. The van der Waals surface area contributed by atoms with Gasteiger partial charge in [-0.2, -0.15) is 0 Å². The number of non-ortho nitro benzene ring substituents is 1. The molecule has 5 heteroatoms. The van der Waals surface area contributed by atoms with Gasteiger partial charge < -0.3 is 5.32 Å². The highest BCUT2D eigenvalue weighted by atomic mass is 16.6. The van der Waals surface area contributed by atoms with Gasteiger partial charge in [0, 0.05) is 12.1 Å². The van der Waals surface area contributed by atoms with Crippen molar-refractivity contribution in [3.63, 3.8) is 0 Å². The summed E-state index contributed by atoms with van der Waals surface area (Å²) in [5, 5.41) is 13.0. The maximum atomic E-state index is 11.0. The van der Waals surface area contributed by atoms with Crippen molar-refractivity contribution in [2.45, 2.75) is 6.92 Å². The molecule has 0 fully saturated rings. The van der Waals surface area contributed by atoms with Gasteiger partial charge in [0.05, 0.1) is 10.6 Å². The summed E-state index contributed by atoms with van der Waals surface area (Å²) >= 11 is 0. The van der Waals surface area contributed by atoms with Gasteiger partial charge in [-0.25, -0.2) is 0 Å². The Balaban J connectivity index is 3.05. The summed E-state index contributed by atoms with van der Waals surface area (Å²) in [5.41, 5.74) is 1.13. The Labute approximate surface area is 86.6 Å². The van der Waals surface area contributed by atoms with E-state index in [0.717, 1.165) is 11.6 Å². The molecular formula is C10H10N2O3. The van der Waals surface area contributed by atoms with E-state index in [1.165, 1.54) is 12.1 Å². The van der Waals surface area contributed by atoms with Crippen LogP contribution in [0.1, 0.15) is 5.56 Å². The molecular weight excluding hydrogens is 196 g/mol. The highest BCUT2D eigenvalue weighted by Crippen LogP contribution is 2.21. The van der Waals surface area contributed by atoms with Crippen molar-refractivity contribution < 1.29 is 9.72 Å². The number of nitro groups is 1. The van der Waals surface area contributed by atoms with E-state index < -0.39 is 10.8 Å². The number of benzene rings is 1. The zero-order valence-electron chi connectivity index (χ0n) is 8.19. The molecule has 1 amide bonds. The molecule has 1 aromatic carbocycles. The number of amides is 1. The zero-order chi connectivity index (χ0) is 11.4. The van der Waals surface area contributed by atoms with Crippen molar-refractivity contribution in [1.29, 1.82) is 0 Å². The summed E-state index contributed by atoms with van der Waals surface area (Å²) in [5.74, 6) is -0.390. The maximum absolute atomic E-state index is 11.0. The first-order valence-corrected chi connectivity index (χ1v) is 4.23. The predicted octanol–water partition coefficient (Wildman–Crippen LogP) is 2.03. The van der Waals surface area contributed by atoms with Crippen LogP contribution >= 0.6 is 0 Å². The summed E-state index contributed by atoms with van der Waals surface area (Å²) in [6, 6.07) is 4.28. The number of aryl methyl sites for hydroxylation is 1. The molecule has 15 heavy (non-hydrogen) atoms. The lowest BCUT2D eigenvalue weighted by atomic mass is 10.2. The van der Waals surface area contributed by atoms with Crippen LogP contribution in [0.25, 0.3) is 0 Å². The van der Waals surface area contributed by atoms with Crippen LogP contribution in [0.2, 0.25) is 0 Å². The second kappa shape index (κ2) is 4.36. The summed E-state index contributed by atoms with van der Waals surface area (Å²) in [4.78, 5) is 21.0. The number of rotatable bonds is 3. The number of hydrogen-bond acceptors (Lipinski definition) is 3. The molecule has 0 saturated heterocycles. The first-order chi connectivity index (χ1) is 7.04. The lowest BCUT2D eigenvalue weighted by molar-refractivity contribution is -0.384. The molecule has 0 atom stereocenters. The average molecular weight is 206 g/mol. The molecule has 0 aromatic heterocycles. The minimum Gasteiger partial charge on any atom is -0.322 e. The number of carbonyl (C=O) groups excluding carboxylic acids is 1. The van der Waals surface area contributed by atoms with E-state index in [-0.39, 0.29) is 5.69 Å². The Hall–Kier alpha value is -2.17. The van der Waals surface area contributed by atoms with Gasteiger partial charge in [0.15, 0.2) is 0 Å². The van der Waals surface area contributed by atoms with Crippen molar-refractivity contribution in [3.05, 3.63) is 46.5 Å². The van der Waals surface area contributed by atoms with Crippen molar-refractivity contribution >= 4 is 17.3 Å². The number of nitro benzene ring substituents is 1. The zero-order valence-corrected chi connectivity index (χ0v) is 8.19. The van der Waals surface area contributed by atoms with Gasteiger partial charge in [0.25, 0.3) is 5.69 Å². The third-order valence-corrected chi connectivity index (χ3v) is 1.88. The Bertz CT molecular complexity index is 427. The van der Waals surface area contributed by atoms with Gasteiger partial charge in [-0.3, -0.25) is 14.9 Å². The van der Waals surface area contributed by atoms with E-state index in [1.54, 1.807) is 13.0 Å². The monoisotopic (exact) mass is 206 g/mol. The van der Waals surface area contributed by atoms with Crippen LogP contribution in [0.5, 0.6) is 0 Å². The topological polar surface area (TPSA) is 72.2 Å². The second-order valence-electron chi connectivity index (χ2n) is 2.95. The van der Waals surface area contributed by atoms with E-state index >= 15 is 0 Å². The third-order valence-electron chi connectivity index (χ3n) is 1.88. The normalized spacial score (nSPS) is 9.40. The van der Waals surface area contributed by atoms with Crippen molar-refractivity contribution in [2.24, 2.45) is 0 Å². The van der Waals surface area contributed by atoms with Crippen LogP contribution in [-0.4, -0.2) is 10.8 Å². The van der Waals surface area contributed by atoms with Gasteiger partial charge in [-0.1, -0.05) is 12.6 Å². The number of hydrogen-bond donors (Lipinski definition) is 1. The van der Waals surface area contributed by atoms with Crippen LogP contribution in [0.3, 0.4) is 0 Å². The fourth-order valence-electron chi connectivity index (χ4n) is 1.04. The number of carbonyl (C=O) groups is 1. The summed E-state index contributed by atoms with van der Waals surface area (Å²) in [6.45, 7) is 5.05. The van der Waals surface area contributed by atoms with E-state index in [1.807, 2.05) is 0 Å². The quantitative estimate of drug-likeness (QED) is 0.467.